The first kappa shape index (κ1) is 12.4. The van der Waals surface area contributed by atoms with E-state index < -0.39 is 11.6 Å². The maximum Gasteiger partial charge on any atom is 0.262 e. The molecule has 0 atom stereocenters. The Morgan fingerprint density at radius 1 is 1.10 bits per heavy atom. The molecule has 2 heterocycles. The molecule has 0 aliphatic rings. The van der Waals surface area contributed by atoms with Gasteiger partial charge in [0.25, 0.3) is 5.89 Å². The Hall–Kier alpha value is -2.63. The SMILES string of the molecule is Fc1ccc(NCc2ccc(-c3ncco3)o2)cc1F. The number of hydrogen-bond donors (Lipinski definition) is 1. The lowest BCUT2D eigenvalue weighted by atomic mass is 10.3. The van der Waals surface area contributed by atoms with E-state index in [1.165, 1.54) is 18.5 Å². The predicted octanol–water partition coefficient (Wildman–Crippen LogP) is 3.82. The summed E-state index contributed by atoms with van der Waals surface area (Å²) in [7, 11) is 0. The quantitative estimate of drug-likeness (QED) is 0.787. The summed E-state index contributed by atoms with van der Waals surface area (Å²) in [5.41, 5.74) is 0.470. The van der Waals surface area contributed by atoms with E-state index >= 15 is 0 Å². The van der Waals surface area contributed by atoms with Crippen molar-refractivity contribution in [1.29, 1.82) is 0 Å². The van der Waals surface area contributed by atoms with Gasteiger partial charge in [-0.2, -0.15) is 0 Å². The molecular formula is C14H10F2N2O2. The van der Waals surface area contributed by atoms with Crippen molar-refractivity contribution in [1.82, 2.24) is 4.98 Å². The summed E-state index contributed by atoms with van der Waals surface area (Å²) >= 11 is 0. The number of benzene rings is 1. The number of rotatable bonds is 4. The number of hydrogen-bond acceptors (Lipinski definition) is 4. The number of nitrogens with zero attached hydrogens (tertiary/aromatic N) is 1. The zero-order valence-electron chi connectivity index (χ0n) is 10.3. The smallest absolute Gasteiger partial charge is 0.262 e. The molecule has 0 aliphatic heterocycles. The lowest BCUT2D eigenvalue weighted by molar-refractivity contribution is 0.491. The van der Waals surface area contributed by atoms with Crippen LogP contribution in [0.15, 0.2) is 51.6 Å². The van der Waals surface area contributed by atoms with Gasteiger partial charge in [-0.15, -0.1) is 0 Å². The first-order valence-corrected chi connectivity index (χ1v) is 5.90. The Balaban J connectivity index is 1.68. The molecule has 0 spiro atoms. The predicted molar refractivity (Wildman–Crippen MR) is 67.9 cm³/mol. The van der Waals surface area contributed by atoms with Gasteiger partial charge in [0, 0.05) is 11.8 Å². The summed E-state index contributed by atoms with van der Waals surface area (Å²) in [5, 5.41) is 2.94. The number of oxazole rings is 1. The molecule has 20 heavy (non-hydrogen) atoms. The van der Waals surface area contributed by atoms with Gasteiger partial charge in [0.05, 0.1) is 12.7 Å². The Morgan fingerprint density at radius 3 is 2.75 bits per heavy atom. The molecule has 0 aliphatic carbocycles. The maximum absolute atomic E-state index is 13.0. The Kier molecular flexibility index (Phi) is 3.20. The zero-order valence-corrected chi connectivity index (χ0v) is 10.3. The number of halogens is 2. The topological polar surface area (TPSA) is 51.2 Å². The molecule has 0 amide bonds. The third-order valence-electron chi connectivity index (χ3n) is 2.69. The standard InChI is InChI=1S/C14H10F2N2O2/c15-11-3-1-9(7-12(11)16)18-8-10-2-4-13(20-10)14-17-5-6-19-14/h1-7,18H,8H2. The Morgan fingerprint density at radius 2 is 2.00 bits per heavy atom. The van der Waals surface area contributed by atoms with Crippen molar-refractivity contribution in [2.45, 2.75) is 6.54 Å². The maximum atomic E-state index is 13.0. The van der Waals surface area contributed by atoms with Gasteiger partial charge in [-0.25, -0.2) is 13.8 Å². The zero-order chi connectivity index (χ0) is 13.9. The first-order valence-electron chi connectivity index (χ1n) is 5.90. The van der Waals surface area contributed by atoms with Crippen molar-refractivity contribution in [3.05, 3.63) is 60.2 Å². The van der Waals surface area contributed by atoms with E-state index in [1.54, 1.807) is 12.1 Å². The fourth-order valence-electron chi connectivity index (χ4n) is 1.73. The summed E-state index contributed by atoms with van der Waals surface area (Å²) < 4.78 is 36.4. The third kappa shape index (κ3) is 2.54. The van der Waals surface area contributed by atoms with E-state index in [-0.39, 0.29) is 0 Å². The number of nitrogens with one attached hydrogen (secondary N) is 1. The van der Waals surface area contributed by atoms with Crippen LogP contribution in [0.1, 0.15) is 5.76 Å². The molecular weight excluding hydrogens is 266 g/mol. The van der Waals surface area contributed by atoms with Gasteiger partial charge < -0.3 is 14.2 Å². The fourth-order valence-corrected chi connectivity index (χ4v) is 1.73. The number of aromatic nitrogens is 1. The Bertz CT molecular complexity index is 708. The highest BCUT2D eigenvalue weighted by Crippen LogP contribution is 2.21. The van der Waals surface area contributed by atoms with Gasteiger partial charge in [0.15, 0.2) is 17.4 Å². The molecule has 102 valence electrons. The van der Waals surface area contributed by atoms with Crippen LogP contribution in [-0.4, -0.2) is 4.98 Å². The lowest BCUT2D eigenvalue weighted by Crippen LogP contribution is -1.99. The van der Waals surface area contributed by atoms with Crippen molar-refractivity contribution >= 4 is 5.69 Å². The molecule has 0 radical (unpaired) electrons. The van der Waals surface area contributed by atoms with E-state index in [1.807, 2.05) is 0 Å². The molecule has 1 N–H and O–H groups in total. The second-order valence-corrected chi connectivity index (χ2v) is 4.09. The fraction of sp³-hybridized carbons (Fsp3) is 0.0714. The minimum absolute atomic E-state index is 0.339. The van der Waals surface area contributed by atoms with Crippen LogP contribution in [0.3, 0.4) is 0 Å². The van der Waals surface area contributed by atoms with Crippen molar-refractivity contribution in [2.75, 3.05) is 5.32 Å². The van der Waals surface area contributed by atoms with Crippen molar-refractivity contribution in [3.8, 4) is 11.7 Å². The highest BCUT2D eigenvalue weighted by atomic mass is 19.2. The molecule has 0 saturated carbocycles. The molecule has 0 bridgehead atoms. The van der Waals surface area contributed by atoms with E-state index in [9.17, 15) is 8.78 Å². The minimum atomic E-state index is -0.894. The largest absolute Gasteiger partial charge is 0.454 e. The summed E-state index contributed by atoms with van der Waals surface area (Å²) in [5.74, 6) is -0.237. The van der Waals surface area contributed by atoms with Crippen molar-refractivity contribution in [2.24, 2.45) is 0 Å². The first-order chi connectivity index (χ1) is 9.72. The summed E-state index contributed by atoms with van der Waals surface area (Å²) in [6.07, 6.45) is 2.98. The van der Waals surface area contributed by atoms with E-state index in [2.05, 4.69) is 10.3 Å². The van der Waals surface area contributed by atoms with Crippen molar-refractivity contribution in [3.63, 3.8) is 0 Å². The molecule has 6 heteroatoms. The molecule has 1 aromatic carbocycles. The van der Waals surface area contributed by atoms with Crippen LogP contribution in [-0.2, 0) is 6.54 Å². The summed E-state index contributed by atoms with van der Waals surface area (Å²) in [6, 6.07) is 7.10. The third-order valence-corrected chi connectivity index (χ3v) is 2.69. The second kappa shape index (κ2) is 5.16. The van der Waals surface area contributed by atoms with Gasteiger partial charge in [0.1, 0.15) is 12.0 Å². The van der Waals surface area contributed by atoms with Gasteiger partial charge in [-0.05, 0) is 24.3 Å². The lowest BCUT2D eigenvalue weighted by Gasteiger charge is -2.04. The van der Waals surface area contributed by atoms with Crippen LogP contribution in [0.5, 0.6) is 0 Å². The van der Waals surface area contributed by atoms with Gasteiger partial charge in [0.2, 0.25) is 0 Å². The second-order valence-electron chi connectivity index (χ2n) is 4.09. The number of furan rings is 1. The molecule has 2 aromatic heterocycles. The highest BCUT2D eigenvalue weighted by molar-refractivity contribution is 5.46. The van der Waals surface area contributed by atoms with Gasteiger partial charge in [-0.3, -0.25) is 0 Å². The average molecular weight is 276 g/mol. The van der Waals surface area contributed by atoms with E-state index in [0.29, 0.717) is 29.6 Å². The van der Waals surface area contributed by atoms with Crippen LogP contribution in [0.2, 0.25) is 0 Å². The minimum Gasteiger partial charge on any atom is -0.454 e. The highest BCUT2D eigenvalue weighted by Gasteiger charge is 2.08. The van der Waals surface area contributed by atoms with Crippen LogP contribution in [0.25, 0.3) is 11.7 Å². The van der Waals surface area contributed by atoms with Gasteiger partial charge in [-0.1, -0.05) is 0 Å². The van der Waals surface area contributed by atoms with E-state index in [0.717, 1.165) is 12.1 Å². The average Bonchev–Trinajstić information content (AvgIpc) is 3.09. The van der Waals surface area contributed by atoms with Crippen LogP contribution >= 0.6 is 0 Å². The molecule has 0 saturated heterocycles. The molecule has 3 rings (SSSR count). The monoisotopic (exact) mass is 276 g/mol. The van der Waals surface area contributed by atoms with Gasteiger partial charge >= 0.3 is 0 Å². The van der Waals surface area contributed by atoms with Crippen LogP contribution in [0, 0.1) is 11.6 Å². The molecule has 3 aromatic rings. The summed E-state index contributed by atoms with van der Waals surface area (Å²) in [4.78, 5) is 3.97. The van der Waals surface area contributed by atoms with Crippen LogP contribution < -0.4 is 5.32 Å². The summed E-state index contributed by atoms with van der Waals surface area (Å²) in [6.45, 7) is 0.339. The van der Waals surface area contributed by atoms with Crippen LogP contribution in [0.4, 0.5) is 14.5 Å². The molecule has 4 nitrogen and oxygen atoms in total. The van der Waals surface area contributed by atoms with E-state index in [4.69, 9.17) is 8.83 Å². The molecule has 0 unspecified atom stereocenters. The number of anilines is 1. The normalized spacial score (nSPS) is 10.7. The Labute approximate surface area is 113 Å². The molecule has 0 fully saturated rings. The van der Waals surface area contributed by atoms with Crippen molar-refractivity contribution < 1.29 is 17.6 Å².